The van der Waals surface area contributed by atoms with E-state index in [0.717, 1.165) is 22.2 Å². The van der Waals surface area contributed by atoms with E-state index in [0.29, 0.717) is 12.8 Å². The largest absolute Gasteiger partial charge is 0.481 e. The van der Waals surface area contributed by atoms with Crippen molar-refractivity contribution < 1.29 is 14.3 Å². The van der Waals surface area contributed by atoms with Crippen molar-refractivity contribution >= 4 is 16.9 Å². The van der Waals surface area contributed by atoms with Gasteiger partial charge in [-0.1, -0.05) is 18.2 Å². The highest BCUT2D eigenvalue weighted by molar-refractivity contribution is 5.84. The number of fused-ring (bicyclic) bond motifs is 1. The van der Waals surface area contributed by atoms with Crippen molar-refractivity contribution in [3.63, 3.8) is 0 Å². The summed E-state index contributed by atoms with van der Waals surface area (Å²) in [5.41, 5.74) is 2.69. The Balaban J connectivity index is 2.38. The summed E-state index contributed by atoms with van der Waals surface area (Å²) < 4.78 is 12.5. The second-order valence-electron chi connectivity index (χ2n) is 3.96. The molecule has 1 aromatic heterocycles. The first-order valence-corrected chi connectivity index (χ1v) is 5.58. The van der Waals surface area contributed by atoms with Crippen LogP contribution in [-0.4, -0.2) is 22.7 Å². The highest BCUT2D eigenvalue weighted by Gasteiger charge is 2.11. The topological polar surface area (TPSA) is 53.1 Å². The van der Waals surface area contributed by atoms with Gasteiger partial charge in [-0.25, -0.2) is 0 Å². The monoisotopic (exact) mass is 235 g/mol. The van der Waals surface area contributed by atoms with Gasteiger partial charge in [0, 0.05) is 23.0 Å². The number of carboxylic acid groups (broad SMARTS) is 1. The average molecular weight is 235 g/mol. The van der Waals surface area contributed by atoms with Gasteiger partial charge in [-0.2, -0.15) is 0 Å². The number of aromatic amines is 1. The smallest absolute Gasteiger partial charge is 0.303 e. The van der Waals surface area contributed by atoms with Gasteiger partial charge in [0.2, 0.25) is 0 Å². The van der Waals surface area contributed by atoms with E-state index in [1.807, 2.05) is 24.3 Å². The first kappa shape index (κ1) is 11.6. The molecule has 0 atom stereocenters. The molecule has 0 aliphatic rings. The average Bonchev–Trinajstić information content (AvgIpc) is 2.66. The predicted molar refractivity (Wildman–Crippen MR) is 63.9 cm³/mol. The van der Waals surface area contributed by atoms with Crippen molar-refractivity contribution in [2.24, 2.45) is 0 Å². The summed E-state index contributed by atoms with van der Waals surface area (Å²) in [7, 11) is 0. The number of aliphatic carboxylic acids is 1. The van der Waals surface area contributed by atoms with Crippen molar-refractivity contribution in [3.05, 3.63) is 35.5 Å². The van der Waals surface area contributed by atoms with Crippen molar-refractivity contribution in [1.29, 1.82) is 0 Å². The minimum absolute atomic E-state index is 0.0616. The number of carbonyl (C=O) groups is 1. The summed E-state index contributed by atoms with van der Waals surface area (Å²) >= 11 is 0. The Kier molecular flexibility index (Phi) is 3.42. The van der Waals surface area contributed by atoms with Crippen LogP contribution >= 0.6 is 0 Å². The number of benzene rings is 1. The molecule has 0 fully saturated rings. The third-order valence-corrected chi connectivity index (χ3v) is 2.84. The lowest BCUT2D eigenvalue weighted by Gasteiger charge is -2.00. The summed E-state index contributed by atoms with van der Waals surface area (Å²) in [5, 5.41) is 9.67. The number of carboxylic acids is 1. The summed E-state index contributed by atoms with van der Waals surface area (Å²) in [6, 6.07) is 7.65. The van der Waals surface area contributed by atoms with Gasteiger partial charge in [0.1, 0.15) is 0 Å². The van der Waals surface area contributed by atoms with Gasteiger partial charge in [-0.15, -0.1) is 0 Å². The third kappa shape index (κ3) is 2.46. The van der Waals surface area contributed by atoms with Gasteiger partial charge in [-0.3, -0.25) is 9.18 Å². The van der Waals surface area contributed by atoms with Crippen LogP contribution in [0, 0.1) is 0 Å². The molecule has 1 aromatic carbocycles. The van der Waals surface area contributed by atoms with Gasteiger partial charge in [0.25, 0.3) is 0 Å². The molecule has 2 aromatic rings. The Morgan fingerprint density at radius 3 is 2.76 bits per heavy atom. The van der Waals surface area contributed by atoms with Crippen LogP contribution in [0.1, 0.15) is 17.7 Å². The number of nitrogens with one attached hydrogen (secondary N) is 1. The van der Waals surface area contributed by atoms with Crippen LogP contribution in [0.3, 0.4) is 0 Å². The Morgan fingerprint density at radius 1 is 1.29 bits per heavy atom. The van der Waals surface area contributed by atoms with E-state index in [9.17, 15) is 9.18 Å². The number of aromatic nitrogens is 1. The fourth-order valence-electron chi connectivity index (χ4n) is 2.08. The van der Waals surface area contributed by atoms with E-state index in [-0.39, 0.29) is 6.42 Å². The molecule has 0 aliphatic heterocycles. The second-order valence-corrected chi connectivity index (χ2v) is 3.96. The van der Waals surface area contributed by atoms with E-state index in [1.165, 1.54) is 0 Å². The van der Waals surface area contributed by atoms with Gasteiger partial charge in [0.05, 0.1) is 13.1 Å². The van der Waals surface area contributed by atoms with Crippen molar-refractivity contribution in [3.8, 4) is 0 Å². The Hall–Kier alpha value is -1.84. The third-order valence-electron chi connectivity index (χ3n) is 2.84. The van der Waals surface area contributed by atoms with E-state index in [4.69, 9.17) is 5.11 Å². The normalized spacial score (nSPS) is 10.9. The van der Waals surface area contributed by atoms with Gasteiger partial charge in [-0.05, 0) is 18.1 Å². The summed E-state index contributed by atoms with van der Waals surface area (Å²) in [6.07, 6.45) is 0.810. The first-order chi connectivity index (χ1) is 8.22. The quantitative estimate of drug-likeness (QED) is 0.837. The molecule has 0 unspecified atom stereocenters. The number of halogens is 1. The van der Waals surface area contributed by atoms with E-state index < -0.39 is 12.6 Å². The molecule has 0 spiro atoms. The van der Waals surface area contributed by atoms with Crippen LogP contribution in [0.15, 0.2) is 24.3 Å². The number of para-hydroxylation sites is 1. The molecular formula is C13H14FNO2. The van der Waals surface area contributed by atoms with Crippen LogP contribution in [0.2, 0.25) is 0 Å². The van der Waals surface area contributed by atoms with E-state index in [2.05, 4.69) is 4.98 Å². The molecule has 90 valence electrons. The molecule has 4 heteroatoms. The molecule has 0 saturated heterocycles. The zero-order valence-electron chi connectivity index (χ0n) is 9.37. The molecule has 0 amide bonds. The fourth-order valence-corrected chi connectivity index (χ4v) is 2.08. The van der Waals surface area contributed by atoms with Crippen LogP contribution in [-0.2, 0) is 17.6 Å². The van der Waals surface area contributed by atoms with Crippen LogP contribution in [0.4, 0.5) is 4.39 Å². The lowest BCUT2D eigenvalue weighted by atomic mass is 10.1. The minimum atomic E-state index is -0.838. The standard InChI is InChI=1S/C13H14FNO2/c14-8-7-10-9-3-1-2-4-11(9)15-12(10)5-6-13(16)17/h1-4,15H,5-8H2,(H,16,17). The molecule has 0 radical (unpaired) electrons. The number of hydrogen-bond donors (Lipinski definition) is 2. The Labute approximate surface area is 98.3 Å². The Morgan fingerprint density at radius 2 is 2.06 bits per heavy atom. The zero-order valence-corrected chi connectivity index (χ0v) is 9.37. The maximum absolute atomic E-state index is 12.5. The molecule has 0 bridgehead atoms. The molecule has 17 heavy (non-hydrogen) atoms. The maximum atomic E-state index is 12.5. The minimum Gasteiger partial charge on any atom is -0.481 e. The molecule has 0 aliphatic carbocycles. The SMILES string of the molecule is O=C(O)CCc1[nH]c2ccccc2c1CCF. The number of rotatable bonds is 5. The molecule has 2 N–H and O–H groups in total. The van der Waals surface area contributed by atoms with Gasteiger partial charge >= 0.3 is 5.97 Å². The zero-order chi connectivity index (χ0) is 12.3. The highest BCUT2D eigenvalue weighted by atomic mass is 19.1. The summed E-state index contributed by atoms with van der Waals surface area (Å²) in [4.78, 5) is 13.7. The second kappa shape index (κ2) is 4.99. The maximum Gasteiger partial charge on any atom is 0.303 e. The van der Waals surface area contributed by atoms with Crippen molar-refractivity contribution in [2.75, 3.05) is 6.67 Å². The van der Waals surface area contributed by atoms with Crippen molar-refractivity contribution in [1.82, 2.24) is 4.98 Å². The number of alkyl halides is 1. The predicted octanol–water partition coefficient (Wildman–Crippen LogP) is 2.70. The molecule has 3 nitrogen and oxygen atoms in total. The number of hydrogen-bond acceptors (Lipinski definition) is 1. The summed E-state index contributed by atoms with van der Waals surface area (Å²) in [6.45, 7) is -0.429. The first-order valence-electron chi connectivity index (χ1n) is 5.58. The highest BCUT2D eigenvalue weighted by Crippen LogP contribution is 2.24. The van der Waals surface area contributed by atoms with Crippen LogP contribution in [0.5, 0.6) is 0 Å². The van der Waals surface area contributed by atoms with Crippen LogP contribution < -0.4 is 0 Å². The number of H-pyrrole nitrogens is 1. The van der Waals surface area contributed by atoms with Crippen molar-refractivity contribution in [2.45, 2.75) is 19.3 Å². The van der Waals surface area contributed by atoms with Gasteiger partial charge in [0.15, 0.2) is 0 Å². The molecule has 2 rings (SSSR count). The van der Waals surface area contributed by atoms with E-state index in [1.54, 1.807) is 0 Å². The van der Waals surface area contributed by atoms with E-state index >= 15 is 0 Å². The lowest BCUT2D eigenvalue weighted by molar-refractivity contribution is -0.136. The summed E-state index contributed by atoms with van der Waals surface area (Å²) in [5.74, 6) is -0.838. The Bertz CT molecular complexity index is 533. The number of aryl methyl sites for hydroxylation is 2. The van der Waals surface area contributed by atoms with Gasteiger partial charge < -0.3 is 10.1 Å². The molecular weight excluding hydrogens is 221 g/mol. The van der Waals surface area contributed by atoms with Crippen LogP contribution in [0.25, 0.3) is 10.9 Å². The molecule has 0 saturated carbocycles. The molecule has 1 heterocycles. The fraction of sp³-hybridized carbons (Fsp3) is 0.308. The lowest BCUT2D eigenvalue weighted by Crippen LogP contribution is -2.00.